The van der Waals surface area contributed by atoms with E-state index in [1.807, 2.05) is 11.3 Å². The van der Waals surface area contributed by atoms with Crippen LogP contribution in [0.1, 0.15) is 0 Å². The third-order valence-corrected chi connectivity index (χ3v) is 18.9. The summed E-state index contributed by atoms with van der Waals surface area (Å²) in [6.45, 7) is 0. The SMILES string of the molecule is c1ccc([Si](c2ccccc2)(c2ccccc2)c2cc(-c3cccc(-c4cccc(-n5c6ccccc6c6ccccc65)c4)c3)cc(-c3cccc4c3sc3ccccc34)c2)cc1. The summed E-state index contributed by atoms with van der Waals surface area (Å²) >= 11 is 1.90. The van der Waals surface area contributed by atoms with Crippen LogP contribution in [0, 0.1) is 0 Å². The van der Waals surface area contributed by atoms with Crippen LogP contribution < -0.4 is 20.7 Å². The van der Waals surface area contributed by atoms with E-state index in [1.54, 1.807) is 0 Å². The first-order valence-corrected chi connectivity index (χ1v) is 24.5. The molecular formula is C60H41NSSi. The summed E-state index contributed by atoms with van der Waals surface area (Å²) in [6.07, 6.45) is 0. The molecule has 0 aliphatic heterocycles. The number of rotatable bonds is 8. The first kappa shape index (κ1) is 37.2. The van der Waals surface area contributed by atoms with Gasteiger partial charge in [-0.15, -0.1) is 11.3 Å². The zero-order valence-electron chi connectivity index (χ0n) is 34.5. The Morgan fingerprint density at radius 1 is 0.302 bits per heavy atom. The maximum absolute atomic E-state index is 2.89. The van der Waals surface area contributed by atoms with Crippen LogP contribution in [0.15, 0.2) is 249 Å². The van der Waals surface area contributed by atoms with Crippen molar-refractivity contribution < 1.29 is 0 Å². The van der Waals surface area contributed by atoms with Crippen LogP contribution in [0.25, 0.3) is 81.0 Å². The Labute approximate surface area is 372 Å². The predicted molar refractivity (Wildman–Crippen MR) is 274 cm³/mol. The van der Waals surface area contributed by atoms with Gasteiger partial charge in [0.25, 0.3) is 0 Å². The number of thiophene rings is 1. The monoisotopic (exact) mass is 835 g/mol. The van der Waals surface area contributed by atoms with E-state index in [0.29, 0.717) is 0 Å². The average molecular weight is 836 g/mol. The normalized spacial score (nSPS) is 11.8. The molecule has 0 unspecified atom stereocenters. The average Bonchev–Trinajstić information content (AvgIpc) is 3.92. The summed E-state index contributed by atoms with van der Waals surface area (Å²) in [5.41, 5.74) is 10.9. The van der Waals surface area contributed by atoms with E-state index in [4.69, 9.17) is 0 Å². The molecular weight excluding hydrogens is 795 g/mol. The lowest BCUT2D eigenvalue weighted by Crippen LogP contribution is -2.74. The highest BCUT2D eigenvalue weighted by atomic mass is 32.1. The van der Waals surface area contributed by atoms with Crippen molar-refractivity contribution >= 4 is 82.1 Å². The minimum atomic E-state index is -2.89. The zero-order valence-corrected chi connectivity index (χ0v) is 36.3. The maximum Gasteiger partial charge on any atom is 0.179 e. The van der Waals surface area contributed by atoms with Gasteiger partial charge in [-0.1, -0.05) is 206 Å². The maximum atomic E-state index is 2.53. The third kappa shape index (κ3) is 6.20. The van der Waals surface area contributed by atoms with E-state index in [2.05, 4.69) is 253 Å². The van der Waals surface area contributed by atoms with Gasteiger partial charge in [-0.2, -0.15) is 0 Å². The molecule has 1 nitrogen and oxygen atoms in total. The Hall–Kier alpha value is -7.56. The van der Waals surface area contributed by atoms with Crippen LogP contribution >= 0.6 is 11.3 Å². The van der Waals surface area contributed by atoms with Gasteiger partial charge in [0.15, 0.2) is 8.07 Å². The smallest absolute Gasteiger partial charge is 0.179 e. The molecule has 0 amide bonds. The lowest BCUT2D eigenvalue weighted by atomic mass is 9.95. The molecule has 0 aliphatic carbocycles. The summed E-state index contributed by atoms with van der Waals surface area (Å²) in [5.74, 6) is 0. The Balaban J connectivity index is 1.10. The van der Waals surface area contributed by atoms with Crippen molar-refractivity contribution in [1.29, 1.82) is 0 Å². The van der Waals surface area contributed by atoms with Crippen LogP contribution in [0.2, 0.25) is 0 Å². The van der Waals surface area contributed by atoms with Crippen LogP contribution in [0.3, 0.4) is 0 Å². The molecule has 2 heterocycles. The molecule has 10 aromatic carbocycles. The van der Waals surface area contributed by atoms with E-state index < -0.39 is 8.07 Å². The molecule has 3 heteroatoms. The van der Waals surface area contributed by atoms with Crippen molar-refractivity contribution in [3.63, 3.8) is 0 Å². The molecule has 0 fully saturated rings. The number of hydrogen-bond donors (Lipinski definition) is 0. The van der Waals surface area contributed by atoms with Crippen molar-refractivity contribution in [2.75, 3.05) is 0 Å². The standard InChI is InChI=1S/C60H41NSSi/c1-4-23-48(24-5-1)63(49-25-6-2-7-26-49,50-27-8-3-9-28-50)51-40-45(38-46(41-51)52-32-18-33-56-55-31-12-15-36-59(55)62-60(52)56)43-20-16-19-42(37-43)44-21-17-22-47(39-44)61-57-34-13-10-29-53(57)54-30-11-14-35-58(54)61/h1-41H. The lowest BCUT2D eigenvalue weighted by molar-refractivity contribution is 1.18. The molecule has 0 spiro atoms. The van der Waals surface area contributed by atoms with E-state index in [1.165, 1.54) is 96.1 Å². The fourth-order valence-corrected chi connectivity index (χ4v) is 16.2. The van der Waals surface area contributed by atoms with Gasteiger partial charge in [-0.25, -0.2) is 0 Å². The van der Waals surface area contributed by atoms with Gasteiger partial charge in [0.05, 0.1) is 11.0 Å². The number of para-hydroxylation sites is 2. The van der Waals surface area contributed by atoms with Crippen LogP contribution in [0.5, 0.6) is 0 Å². The van der Waals surface area contributed by atoms with Gasteiger partial charge in [0.2, 0.25) is 0 Å². The fourth-order valence-electron chi connectivity index (χ4n) is 10.1. The van der Waals surface area contributed by atoms with E-state index in [-0.39, 0.29) is 0 Å². The number of benzene rings is 10. The molecule has 12 rings (SSSR count). The van der Waals surface area contributed by atoms with E-state index in [9.17, 15) is 0 Å². The predicted octanol–water partition coefficient (Wildman–Crippen LogP) is 13.5. The van der Waals surface area contributed by atoms with Gasteiger partial charge in [0.1, 0.15) is 0 Å². The first-order valence-electron chi connectivity index (χ1n) is 21.7. The van der Waals surface area contributed by atoms with Crippen LogP contribution in [-0.2, 0) is 0 Å². The first-order chi connectivity index (χ1) is 31.2. The second-order valence-electron chi connectivity index (χ2n) is 16.4. The lowest BCUT2D eigenvalue weighted by Gasteiger charge is -2.35. The topological polar surface area (TPSA) is 4.93 Å². The second kappa shape index (κ2) is 15.4. The third-order valence-electron chi connectivity index (χ3n) is 12.9. The summed E-state index contributed by atoms with van der Waals surface area (Å²) < 4.78 is 5.04. The van der Waals surface area contributed by atoms with Gasteiger partial charge in [-0.05, 0) is 96.6 Å². The van der Waals surface area contributed by atoms with Gasteiger partial charge < -0.3 is 4.57 Å². The number of nitrogens with zero attached hydrogens (tertiary/aromatic N) is 1. The van der Waals surface area contributed by atoms with Crippen LogP contribution in [0.4, 0.5) is 0 Å². The number of hydrogen-bond acceptors (Lipinski definition) is 1. The minimum Gasteiger partial charge on any atom is -0.309 e. The zero-order chi connectivity index (χ0) is 41.7. The van der Waals surface area contributed by atoms with Gasteiger partial charge in [0, 0.05) is 36.6 Å². The highest BCUT2D eigenvalue weighted by Crippen LogP contribution is 2.41. The molecule has 0 aliphatic rings. The van der Waals surface area contributed by atoms with Crippen molar-refractivity contribution in [1.82, 2.24) is 4.57 Å². The summed E-state index contributed by atoms with van der Waals surface area (Å²) in [5, 5.41) is 10.6. The Morgan fingerprint density at radius 3 is 1.40 bits per heavy atom. The highest BCUT2D eigenvalue weighted by molar-refractivity contribution is 7.26. The van der Waals surface area contributed by atoms with E-state index in [0.717, 1.165) is 5.69 Å². The summed E-state index contributed by atoms with van der Waals surface area (Å²) in [6, 6.07) is 92.7. The van der Waals surface area contributed by atoms with Crippen molar-refractivity contribution in [2.24, 2.45) is 0 Å². The Bertz CT molecular complexity index is 3470. The molecule has 0 saturated heterocycles. The minimum absolute atomic E-state index is 1.15. The summed E-state index contributed by atoms with van der Waals surface area (Å²) in [4.78, 5) is 0. The highest BCUT2D eigenvalue weighted by Gasteiger charge is 2.42. The molecule has 63 heavy (non-hydrogen) atoms. The largest absolute Gasteiger partial charge is 0.309 e. The van der Waals surface area contributed by atoms with Crippen molar-refractivity contribution in [2.45, 2.75) is 0 Å². The molecule has 2 aromatic heterocycles. The molecule has 0 saturated carbocycles. The van der Waals surface area contributed by atoms with Gasteiger partial charge >= 0.3 is 0 Å². The second-order valence-corrected chi connectivity index (χ2v) is 21.3. The quantitative estimate of drug-likeness (QED) is 0.106. The molecule has 0 radical (unpaired) electrons. The van der Waals surface area contributed by atoms with Crippen molar-refractivity contribution in [3.8, 4) is 39.1 Å². The number of aromatic nitrogens is 1. The van der Waals surface area contributed by atoms with Crippen LogP contribution in [-0.4, -0.2) is 12.6 Å². The van der Waals surface area contributed by atoms with Crippen molar-refractivity contribution in [3.05, 3.63) is 249 Å². The molecule has 0 atom stereocenters. The van der Waals surface area contributed by atoms with Gasteiger partial charge in [-0.3, -0.25) is 0 Å². The molecule has 296 valence electrons. The number of fused-ring (bicyclic) bond motifs is 6. The molecule has 12 aromatic rings. The summed E-state index contributed by atoms with van der Waals surface area (Å²) in [7, 11) is -2.89. The Morgan fingerprint density at radius 2 is 0.762 bits per heavy atom. The molecule has 0 bridgehead atoms. The Kier molecular flexibility index (Phi) is 9.10. The van der Waals surface area contributed by atoms with E-state index >= 15 is 0 Å². The fraction of sp³-hybridized carbons (Fsp3) is 0. The molecule has 0 N–H and O–H groups in total.